The van der Waals surface area contributed by atoms with Crippen molar-refractivity contribution < 1.29 is 4.42 Å². The normalized spacial score (nSPS) is 17.5. The number of piperidine rings is 1. The molecule has 5 aromatic rings. The zero-order valence-electron chi connectivity index (χ0n) is 19.1. The third-order valence-corrected chi connectivity index (χ3v) is 6.70. The van der Waals surface area contributed by atoms with Crippen molar-refractivity contribution in [2.45, 2.75) is 38.5 Å². The number of rotatable bonds is 4. The lowest BCUT2D eigenvalue weighted by Gasteiger charge is -2.27. The lowest BCUT2D eigenvalue weighted by Crippen LogP contribution is -2.30. The molecule has 1 aromatic carbocycles. The zero-order chi connectivity index (χ0) is 22.5. The third kappa shape index (κ3) is 3.41. The molecule has 1 atom stereocenters. The van der Waals surface area contributed by atoms with E-state index in [-0.39, 0.29) is 0 Å². The highest BCUT2D eigenvalue weighted by Gasteiger charge is 2.25. The standard InChI is InChI=1S/C25H27N7O/c1-14(2)21-18-11-15(24-30-31-25(33-24)16-5-4-10-32(3)13-16)6-7-20(18)28-22(21)17-8-9-26-23-19(17)12-27-29-23/h6-9,11-12,14,16,28H,4-5,10,13H2,1-3H3,(H,26,27,29). The molecule has 0 spiro atoms. The maximum absolute atomic E-state index is 6.17. The van der Waals surface area contributed by atoms with E-state index in [0.29, 0.717) is 17.7 Å². The van der Waals surface area contributed by atoms with Crippen LogP contribution in [0, 0.1) is 0 Å². The molecule has 8 nitrogen and oxygen atoms in total. The number of benzene rings is 1. The monoisotopic (exact) mass is 441 g/mol. The average molecular weight is 442 g/mol. The Hall–Kier alpha value is -3.52. The number of likely N-dealkylation sites (tertiary alicyclic amines) is 1. The Bertz CT molecular complexity index is 1440. The fourth-order valence-corrected chi connectivity index (χ4v) is 5.11. The molecule has 33 heavy (non-hydrogen) atoms. The fourth-order valence-electron chi connectivity index (χ4n) is 5.11. The molecule has 0 aliphatic carbocycles. The van der Waals surface area contributed by atoms with E-state index in [0.717, 1.165) is 65.2 Å². The predicted octanol–water partition coefficient (Wildman–Crippen LogP) is 5.09. The SMILES string of the molecule is CC(C)c1c(-c2ccnc3[nH]ncc23)[nH]c2ccc(-c3nnc(C4CCCN(C)C4)o3)cc12. The van der Waals surface area contributed by atoms with Crippen molar-refractivity contribution in [3.63, 3.8) is 0 Å². The van der Waals surface area contributed by atoms with Crippen molar-refractivity contribution in [2.75, 3.05) is 20.1 Å². The van der Waals surface area contributed by atoms with Crippen LogP contribution in [-0.2, 0) is 0 Å². The van der Waals surface area contributed by atoms with Gasteiger partial charge in [-0.15, -0.1) is 10.2 Å². The molecule has 1 unspecified atom stereocenters. The third-order valence-electron chi connectivity index (χ3n) is 6.70. The number of hydrogen-bond acceptors (Lipinski definition) is 6. The summed E-state index contributed by atoms with van der Waals surface area (Å²) in [4.78, 5) is 10.4. The van der Waals surface area contributed by atoms with E-state index >= 15 is 0 Å². The summed E-state index contributed by atoms with van der Waals surface area (Å²) >= 11 is 0. The molecule has 0 saturated carbocycles. The number of hydrogen-bond donors (Lipinski definition) is 2. The summed E-state index contributed by atoms with van der Waals surface area (Å²) in [5.74, 6) is 1.95. The summed E-state index contributed by atoms with van der Waals surface area (Å²) in [6, 6.07) is 8.37. The second-order valence-corrected chi connectivity index (χ2v) is 9.37. The van der Waals surface area contributed by atoms with Gasteiger partial charge in [-0.05, 0) is 62.2 Å². The van der Waals surface area contributed by atoms with E-state index in [1.807, 2.05) is 18.5 Å². The van der Waals surface area contributed by atoms with Crippen molar-refractivity contribution in [3.8, 4) is 22.7 Å². The Morgan fingerprint density at radius 1 is 1.15 bits per heavy atom. The van der Waals surface area contributed by atoms with Crippen molar-refractivity contribution in [3.05, 3.63) is 48.1 Å². The van der Waals surface area contributed by atoms with Crippen LogP contribution in [0.5, 0.6) is 0 Å². The van der Waals surface area contributed by atoms with Gasteiger partial charge in [0.2, 0.25) is 11.8 Å². The summed E-state index contributed by atoms with van der Waals surface area (Å²) < 4.78 is 6.17. The summed E-state index contributed by atoms with van der Waals surface area (Å²) in [5.41, 5.74) is 6.27. The van der Waals surface area contributed by atoms with Crippen LogP contribution in [-0.4, -0.2) is 55.4 Å². The molecular formula is C25H27N7O. The van der Waals surface area contributed by atoms with Crippen molar-refractivity contribution >= 4 is 21.9 Å². The maximum Gasteiger partial charge on any atom is 0.247 e. The van der Waals surface area contributed by atoms with Gasteiger partial charge in [0, 0.05) is 40.2 Å². The molecule has 1 aliphatic rings. The van der Waals surface area contributed by atoms with E-state index in [9.17, 15) is 0 Å². The van der Waals surface area contributed by atoms with Crippen molar-refractivity contribution in [1.82, 2.24) is 35.3 Å². The fraction of sp³-hybridized carbons (Fsp3) is 0.360. The van der Waals surface area contributed by atoms with E-state index < -0.39 is 0 Å². The Balaban J connectivity index is 1.44. The van der Waals surface area contributed by atoms with Gasteiger partial charge >= 0.3 is 0 Å². The first-order chi connectivity index (χ1) is 16.1. The van der Waals surface area contributed by atoms with Gasteiger partial charge in [-0.25, -0.2) is 4.98 Å². The first-order valence-corrected chi connectivity index (χ1v) is 11.5. The predicted molar refractivity (Wildman–Crippen MR) is 128 cm³/mol. The smallest absolute Gasteiger partial charge is 0.247 e. The topological polar surface area (TPSA) is 99.5 Å². The zero-order valence-corrected chi connectivity index (χ0v) is 19.1. The van der Waals surface area contributed by atoms with Gasteiger partial charge in [0.1, 0.15) is 0 Å². The van der Waals surface area contributed by atoms with Crippen LogP contribution < -0.4 is 0 Å². The Kier molecular flexibility index (Phi) is 4.76. The Morgan fingerprint density at radius 3 is 2.91 bits per heavy atom. The average Bonchev–Trinajstić information content (AvgIpc) is 3.56. The van der Waals surface area contributed by atoms with Crippen LogP contribution in [0.1, 0.15) is 50.0 Å². The van der Waals surface area contributed by atoms with Crippen molar-refractivity contribution in [1.29, 1.82) is 0 Å². The number of pyridine rings is 1. The van der Waals surface area contributed by atoms with Crippen LogP contribution in [0.3, 0.4) is 0 Å². The van der Waals surface area contributed by atoms with Crippen molar-refractivity contribution in [2.24, 2.45) is 0 Å². The van der Waals surface area contributed by atoms with E-state index in [1.165, 1.54) is 10.9 Å². The summed E-state index contributed by atoms with van der Waals surface area (Å²) in [6.45, 7) is 6.53. The number of fused-ring (bicyclic) bond motifs is 2. The number of aromatic nitrogens is 6. The van der Waals surface area contributed by atoms with Crippen LogP contribution in [0.15, 0.2) is 41.1 Å². The molecule has 5 heterocycles. The van der Waals surface area contributed by atoms with Gasteiger partial charge in [0.05, 0.1) is 17.8 Å². The quantitative estimate of drug-likeness (QED) is 0.403. The summed E-state index contributed by atoms with van der Waals surface area (Å²) in [6.07, 6.45) is 5.91. The van der Waals surface area contributed by atoms with E-state index in [4.69, 9.17) is 4.42 Å². The van der Waals surface area contributed by atoms with Gasteiger partial charge < -0.3 is 14.3 Å². The molecule has 1 aliphatic heterocycles. The number of H-pyrrole nitrogens is 2. The second kappa shape index (κ2) is 7.81. The Morgan fingerprint density at radius 2 is 2.06 bits per heavy atom. The molecule has 8 heteroatoms. The first-order valence-electron chi connectivity index (χ1n) is 11.5. The van der Waals surface area contributed by atoms with E-state index in [2.05, 4.69) is 74.4 Å². The van der Waals surface area contributed by atoms with Crippen LogP contribution >= 0.6 is 0 Å². The highest BCUT2D eigenvalue weighted by Crippen LogP contribution is 2.39. The molecule has 1 saturated heterocycles. The first kappa shape index (κ1) is 20.1. The molecule has 0 bridgehead atoms. The van der Waals surface area contributed by atoms with Gasteiger partial charge in [-0.1, -0.05) is 13.8 Å². The van der Waals surface area contributed by atoms with Gasteiger partial charge in [-0.2, -0.15) is 5.10 Å². The molecule has 4 aromatic heterocycles. The lowest BCUT2D eigenvalue weighted by molar-refractivity contribution is 0.231. The molecule has 1 fully saturated rings. The molecule has 2 N–H and O–H groups in total. The van der Waals surface area contributed by atoms with Gasteiger partial charge in [0.15, 0.2) is 5.65 Å². The number of nitrogens with zero attached hydrogens (tertiary/aromatic N) is 5. The maximum atomic E-state index is 6.17. The minimum Gasteiger partial charge on any atom is -0.420 e. The van der Waals surface area contributed by atoms with E-state index in [1.54, 1.807) is 0 Å². The minimum absolute atomic E-state index is 0.308. The molecule has 0 amide bonds. The summed E-state index contributed by atoms with van der Waals surface area (Å²) in [7, 11) is 2.15. The van der Waals surface area contributed by atoms with Gasteiger partial charge in [0.25, 0.3) is 0 Å². The second-order valence-electron chi connectivity index (χ2n) is 9.37. The summed E-state index contributed by atoms with van der Waals surface area (Å²) in [5, 5.41) is 18.1. The number of likely N-dealkylation sites (N-methyl/N-ethyl adjacent to an activating group) is 1. The minimum atomic E-state index is 0.308. The molecular weight excluding hydrogens is 414 g/mol. The van der Waals surface area contributed by atoms with Gasteiger partial charge in [-0.3, -0.25) is 5.10 Å². The van der Waals surface area contributed by atoms with Crippen LogP contribution in [0.2, 0.25) is 0 Å². The highest BCUT2D eigenvalue weighted by molar-refractivity contribution is 5.99. The molecule has 6 rings (SSSR count). The molecule has 0 radical (unpaired) electrons. The number of aromatic amines is 2. The molecule has 168 valence electrons. The van der Waals surface area contributed by atoms with Crippen LogP contribution in [0.4, 0.5) is 0 Å². The largest absolute Gasteiger partial charge is 0.420 e. The lowest BCUT2D eigenvalue weighted by atomic mass is 9.95. The number of nitrogens with one attached hydrogen (secondary N) is 2. The Labute approximate surface area is 191 Å². The van der Waals surface area contributed by atoms with Crippen LogP contribution in [0.25, 0.3) is 44.6 Å². The highest BCUT2D eigenvalue weighted by atomic mass is 16.4.